The summed E-state index contributed by atoms with van der Waals surface area (Å²) in [7, 11) is 0. The number of carbonyl (C=O) groups excluding carboxylic acids is 1. The topological polar surface area (TPSA) is 29.1 Å². The van der Waals surface area contributed by atoms with Crippen LogP contribution in [0.25, 0.3) is 0 Å². The molecule has 80 valence electrons. The first-order chi connectivity index (χ1) is 7.22. The number of alkyl halides is 1. The molecule has 0 saturated heterocycles. The molecule has 0 aliphatic carbocycles. The molecule has 0 spiro atoms. The van der Waals surface area contributed by atoms with Crippen molar-refractivity contribution in [3.05, 3.63) is 28.2 Å². The third-order valence-electron chi connectivity index (χ3n) is 2.65. The van der Waals surface area contributed by atoms with Crippen molar-refractivity contribution >= 4 is 39.0 Å². The van der Waals surface area contributed by atoms with Crippen molar-refractivity contribution in [3.63, 3.8) is 0 Å². The number of hydrogen-bond donors (Lipinski definition) is 1. The number of fused-ring (bicyclic) bond motifs is 1. The summed E-state index contributed by atoms with van der Waals surface area (Å²) in [6.45, 7) is 0. The molecule has 1 heterocycles. The van der Waals surface area contributed by atoms with Crippen molar-refractivity contribution in [2.45, 2.75) is 18.9 Å². The molecule has 2 rings (SSSR count). The second kappa shape index (κ2) is 4.54. The zero-order valence-corrected chi connectivity index (χ0v) is 10.4. The van der Waals surface area contributed by atoms with E-state index in [1.807, 2.05) is 18.2 Å². The predicted octanol–water partition coefficient (Wildman–Crippen LogP) is 2.98. The van der Waals surface area contributed by atoms with Crippen molar-refractivity contribution in [3.8, 4) is 0 Å². The minimum atomic E-state index is -0.121. The Morgan fingerprint density at radius 1 is 1.60 bits per heavy atom. The second-order valence-electron chi connectivity index (χ2n) is 3.60. The van der Waals surface area contributed by atoms with E-state index in [2.05, 4.69) is 21.2 Å². The molecule has 1 atom stereocenters. The van der Waals surface area contributed by atoms with Gasteiger partial charge in [0.05, 0.1) is 11.9 Å². The van der Waals surface area contributed by atoms with Gasteiger partial charge in [-0.1, -0.05) is 22.0 Å². The molecule has 15 heavy (non-hydrogen) atoms. The van der Waals surface area contributed by atoms with Gasteiger partial charge in [-0.05, 0) is 30.5 Å². The fourth-order valence-electron chi connectivity index (χ4n) is 1.83. The lowest BCUT2D eigenvalue weighted by Gasteiger charge is -2.26. The summed E-state index contributed by atoms with van der Waals surface area (Å²) in [5.41, 5.74) is 2.29. The van der Waals surface area contributed by atoms with Crippen molar-refractivity contribution in [2.24, 2.45) is 0 Å². The molecule has 2 nitrogen and oxygen atoms in total. The van der Waals surface area contributed by atoms with Crippen LogP contribution in [0.5, 0.6) is 0 Å². The number of ketones is 1. The number of hydrogen-bond acceptors (Lipinski definition) is 2. The molecule has 1 aromatic rings. The standard InChI is InChI=1S/C11H11BrClNO/c12-8-2-1-3-9-7(8)4-5-10(14-9)11(15)6-13/h1-3,10,14H,4-6H2. The maximum absolute atomic E-state index is 11.5. The number of nitrogens with one attached hydrogen (secondary N) is 1. The molecular weight excluding hydrogens is 277 g/mol. The van der Waals surface area contributed by atoms with Gasteiger partial charge in [-0.15, -0.1) is 11.6 Å². The van der Waals surface area contributed by atoms with E-state index in [0.717, 1.165) is 23.0 Å². The van der Waals surface area contributed by atoms with Crippen LogP contribution in [0.4, 0.5) is 5.69 Å². The van der Waals surface area contributed by atoms with Gasteiger partial charge in [0, 0.05) is 10.2 Å². The van der Waals surface area contributed by atoms with Crippen molar-refractivity contribution in [2.75, 3.05) is 11.2 Å². The summed E-state index contributed by atoms with van der Waals surface area (Å²) < 4.78 is 1.10. The SMILES string of the molecule is O=C(CCl)C1CCc2c(Br)cccc2N1. The number of carbonyl (C=O) groups is 1. The van der Waals surface area contributed by atoms with Gasteiger partial charge in [-0.25, -0.2) is 0 Å². The number of benzene rings is 1. The van der Waals surface area contributed by atoms with E-state index in [4.69, 9.17) is 11.6 Å². The molecule has 1 N–H and O–H groups in total. The van der Waals surface area contributed by atoms with Crippen LogP contribution in [-0.4, -0.2) is 17.7 Å². The van der Waals surface area contributed by atoms with Gasteiger partial charge >= 0.3 is 0 Å². The van der Waals surface area contributed by atoms with Gasteiger partial charge in [-0.3, -0.25) is 4.79 Å². The van der Waals surface area contributed by atoms with Crippen molar-refractivity contribution in [1.82, 2.24) is 0 Å². The average Bonchev–Trinajstić information content (AvgIpc) is 2.28. The molecule has 1 aromatic carbocycles. The molecule has 1 unspecified atom stereocenters. The van der Waals surface area contributed by atoms with E-state index < -0.39 is 0 Å². The molecule has 1 aliphatic rings. The molecule has 1 aliphatic heterocycles. The van der Waals surface area contributed by atoms with Gasteiger partial charge in [0.25, 0.3) is 0 Å². The van der Waals surface area contributed by atoms with Crippen LogP contribution in [-0.2, 0) is 11.2 Å². The fraction of sp³-hybridized carbons (Fsp3) is 0.364. The monoisotopic (exact) mass is 287 g/mol. The Hall–Kier alpha value is -0.540. The summed E-state index contributed by atoms with van der Waals surface area (Å²) in [4.78, 5) is 11.5. The summed E-state index contributed by atoms with van der Waals surface area (Å²) in [5, 5.41) is 3.22. The Morgan fingerprint density at radius 3 is 3.13 bits per heavy atom. The Labute approximate surface area is 102 Å². The maximum atomic E-state index is 11.5. The molecule has 0 amide bonds. The molecular formula is C11H11BrClNO. The van der Waals surface area contributed by atoms with Crippen LogP contribution in [0.15, 0.2) is 22.7 Å². The third-order valence-corrected chi connectivity index (χ3v) is 3.66. The number of halogens is 2. The highest BCUT2D eigenvalue weighted by molar-refractivity contribution is 9.10. The fourth-order valence-corrected chi connectivity index (χ4v) is 2.58. The van der Waals surface area contributed by atoms with Crippen molar-refractivity contribution in [1.29, 1.82) is 0 Å². The summed E-state index contributed by atoms with van der Waals surface area (Å²) in [5.74, 6) is 0.156. The first-order valence-electron chi connectivity index (χ1n) is 4.85. The number of rotatable bonds is 2. The lowest BCUT2D eigenvalue weighted by Crippen LogP contribution is -2.34. The van der Waals surface area contributed by atoms with Crippen LogP contribution < -0.4 is 5.32 Å². The molecule has 0 fully saturated rings. The van der Waals surface area contributed by atoms with Crippen molar-refractivity contribution < 1.29 is 4.79 Å². The minimum Gasteiger partial charge on any atom is -0.375 e. The second-order valence-corrected chi connectivity index (χ2v) is 4.72. The van der Waals surface area contributed by atoms with E-state index in [1.165, 1.54) is 5.56 Å². The highest BCUT2D eigenvalue weighted by Gasteiger charge is 2.23. The molecule has 0 saturated carbocycles. The number of anilines is 1. The van der Waals surface area contributed by atoms with E-state index in [9.17, 15) is 4.79 Å². The van der Waals surface area contributed by atoms with Crippen LogP contribution in [0.1, 0.15) is 12.0 Å². The van der Waals surface area contributed by atoms with Crippen LogP contribution in [0.2, 0.25) is 0 Å². The lowest BCUT2D eigenvalue weighted by molar-refractivity contribution is -0.117. The normalized spacial score (nSPS) is 19.2. The Morgan fingerprint density at radius 2 is 2.40 bits per heavy atom. The highest BCUT2D eigenvalue weighted by atomic mass is 79.9. The summed E-state index contributed by atoms with van der Waals surface area (Å²) in [6.07, 6.45) is 1.73. The average molecular weight is 289 g/mol. The smallest absolute Gasteiger partial charge is 0.169 e. The van der Waals surface area contributed by atoms with Gasteiger partial charge in [-0.2, -0.15) is 0 Å². The zero-order valence-electron chi connectivity index (χ0n) is 8.09. The molecule has 0 radical (unpaired) electrons. The zero-order chi connectivity index (χ0) is 10.8. The first-order valence-corrected chi connectivity index (χ1v) is 6.17. The quantitative estimate of drug-likeness (QED) is 0.848. The Balaban J connectivity index is 2.24. The van der Waals surface area contributed by atoms with Crippen LogP contribution >= 0.6 is 27.5 Å². The minimum absolute atomic E-state index is 0.0716. The Bertz CT molecular complexity index is 394. The molecule has 4 heteroatoms. The van der Waals surface area contributed by atoms with E-state index >= 15 is 0 Å². The third kappa shape index (κ3) is 2.18. The molecule has 0 aromatic heterocycles. The first kappa shape index (κ1) is 11.0. The predicted molar refractivity (Wildman–Crippen MR) is 65.6 cm³/mol. The highest BCUT2D eigenvalue weighted by Crippen LogP contribution is 2.31. The van der Waals surface area contributed by atoms with E-state index in [-0.39, 0.29) is 17.7 Å². The van der Waals surface area contributed by atoms with E-state index in [1.54, 1.807) is 0 Å². The van der Waals surface area contributed by atoms with Gasteiger partial charge in [0.15, 0.2) is 5.78 Å². The van der Waals surface area contributed by atoms with E-state index in [0.29, 0.717) is 0 Å². The van der Waals surface area contributed by atoms with Crippen LogP contribution in [0, 0.1) is 0 Å². The van der Waals surface area contributed by atoms with Crippen LogP contribution in [0.3, 0.4) is 0 Å². The Kier molecular flexibility index (Phi) is 3.32. The van der Waals surface area contributed by atoms with Gasteiger partial charge in [0.1, 0.15) is 0 Å². The largest absolute Gasteiger partial charge is 0.375 e. The summed E-state index contributed by atoms with van der Waals surface area (Å²) >= 11 is 9.05. The van der Waals surface area contributed by atoms with Gasteiger partial charge < -0.3 is 5.32 Å². The lowest BCUT2D eigenvalue weighted by atomic mass is 9.96. The molecule has 0 bridgehead atoms. The summed E-state index contributed by atoms with van der Waals surface area (Å²) in [6, 6.07) is 5.85. The number of Topliss-reactive ketones (excluding diaryl/α,β-unsaturated/α-hetero) is 1. The maximum Gasteiger partial charge on any atom is 0.169 e. The van der Waals surface area contributed by atoms with Gasteiger partial charge in [0.2, 0.25) is 0 Å².